The van der Waals surface area contributed by atoms with Crippen LogP contribution in [0.3, 0.4) is 0 Å². The minimum Gasteiger partial charge on any atom is -0.480 e. The van der Waals surface area contributed by atoms with Gasteiger partial charge in [-0.3, -0.25) is 4.79 Å². The molecule has 7 heteroatoms. The normalized spacial score (nSPS) is 21.5. The Morgan fingerprint density at radius 3 is 2.61 bits per heavy atom. The number of carbonyl (C=O) groups excluding carboxylic acids is 1. The Balaban J connectivity index is 1.47. The number of fused-ring (bicyclic) bond motifs is 4. The third-order valence-electron chi connectivity index (χ3n) is 5.65. The summed E-state index contributed by atoms with van der Waals surface area (Å²) in [6.07, 6.45) is 1.18. The lowest BCUT2D eigenvalue weighted by Gasteiger charge is -2.42. The molecular formula is C21H23N3O4. The molecule has 0 saturated carbocycles. The first kappa shape index (κ1) is 18.3. The molecule has 0 radical (unpaired) electrons. The van der Waals surface area contributed by atoms with Gasteiger partial charge in [-0.2, -0.15) is 0 Å². The average molecular weight is 381 g/mol. The van der Waals surface area contributed by atoms with E-state index in [1.165, 1.54) is 0 Å². The van der Waals surface area contributed by atoms with Crippen LogP contribution in [0, 0.1) is 5.92 Å². The number of hydrogen-bond donors (Lipinski definition) is 2. The van der Waals surface area contributed by atoms with E-state index in [1.54, 1.807) is 17.0 Å². The molecule has 1 aromatic carbocycles. The van der Waals surface area contributed by atoms with Crippen molar-refractivity contribution in [2.24, 2.45) is 5.92 Å². The number of likely N-dealkylation sites (tertiary alicyclic amines) is 1. The molecule has 3 heterocycles. The molecule has 0 spiro atoms. The van der Waals surface area contributed by atoms with Crippen molar-refractivity contribution in [3.63, 3.8) is 0 Å². The van der Waals surface area contributed by atoms with Crippen molar-refractivity contribution in [2.45, 2.75) is 31.3 Å². The number of hydrogen-bond acceptors (Lipinski definition) is 3. The highest BCUT2D eigenvalue weighted by molar-refractivity contribution is 5.83. The van der Waals surface area contributed by atoms with E-state index in [-0.39, 0.29) is 29.8 Å². The van der Waals surface area contributed by atoms with E-state index in [0.717, 1.165) is 17.7 Å². The minimum atomic E-state index is -1.05. The van der Waals surface area contributed by atoms with Crippen molar-refractivity contribution in [3.05, 3.63) is 70.1 Å². The smallest absolute Gasteiger partial charge is 0.326 e. The van der Waals surface area contributed by atoms with Gasteiger partial charge in [-0.1, -0.05) is 36.4 Å². The van der Waals surface area contributed by atoms with Crippen LogP contribution in [0.15, 0.2) is 53.3 Å². The summed E-state index contributed by atoms with van der Waals surface area (Å²) in [7, 11) is 0. The van der Waals surface area contributed by atoms with Crippen LogP contribution >= 0.6 is 0 Å². The van der Waals surface area contributed by atoms with Crippen molar-refractivity contribution >= 4 is 12.0 Å². The topological polar surface area (TPSA) is 91.6 Å². The SMILES string of the molecule is O=C(O)[C@H](Cc1ccccc1)NC(=O)N1C[C@@H]2C[C@H](C1)c1cccc(=O)n1C2. The number of aromatic nitrogens is 1. The van der Waals surface area contributed by atoms with Crippen LogP contribution in [0.25, 0.3) is 0 Å². The van der Waals surface area contributed by atoms with Gasteiger partial charge in [0, 0.05) is 43.7 Å². The summed E-state index contributed by atoms with van der Waals surface area (Å²) < 4.78 is 1.81. The second-order valence-corrected chi connectivity index (χ2v) is 7.63. The molecule has 1 saturated heterocycles. The van der Waals surface area contributed by atoms with Gasteiger partial charge >= 0.3 is 12.0 Å². The van der Waals surface area contributed by atoms with E-state index >= 15 is 0 Å². The zero-order valence-corrected chi connectivity index (χ0v) is 15.5. The molecule has 146 valence electrons. The van der Waals surface area contributed by atoms with Crippen LogP contribution in [0.1, 0.15) is 23.6 Å². The van der Waals surface area contributed by atoms with Crippen LogP contribution in [0.2, 0.25) is 0 Å². The van der Waals surface area contributed by atoms with Crippen LogP contribution in [0.4, 0.5) is 4.79 Å². The number of carbonyl (C=O) groups is 2. The molecule has 28 heavy (non-hydrogen) atoms. The third kappa shape index (κ3) is 3.65. The summed E-state index contributed by atoms with van der Waals surface area (Å²) >= 11 is 0. The highest BCUT2D eigenvalue weighted by atomic mass is 16.4. The third-order valence-corrected chi connectivity index (χ3v) is 5.65. The van der Waals surface area contributed by atoms with Gasteiger partial charge in [-0.05, 0) is 24.0 Å². The second-order valence-electron chi connectivity index (χ2n) is 7.63. The van der Waals surface area contributed by atoms with E-state index in [9.17, 15) is 19.5 Å². The summed E-state index contributed by atoms with van der Waals surface area (Å²) in [6.45, 7) is 1.62. The Bertz CT molecular complexity index is 940. The number of piperidine rings is 1. The van der Waals surface area contributed by atoms with Crippen molar-refractivity contribution in [2.75, 3.05) is 13.1 Å². The number of rotatable bonds is 4. The zero-order chi connectivity index (χ0) is 19.7. The van der Waals surface area contributed by atoms with Gasteiger partial charge in [-0.25, -0.2) is 9.59 Å². The van der Waals surface area contributed by atoms with Gasteiger partial charge in [0.1, 0.15) is 6.04 Å². The van der Waals surface area contributed by atoms with Gasteiger partial charge in [0.25, 0.3) is 5.56 Å². The molecule has 7 nitrogen and oxygen atoms in total. The van der Waals surface area contributed by atoms with E-state index in [0.29, 0.717) is 19.6 Å². The molecule has 0 aliphatic carbocycles. The highest BCUT2D eigenvalue weighted by Crippen LogP contribution is 2.34. The summed E-state index contributed by atoms with van der Waals surface area (Å²) in [4.78, 5) is 38.2. The summed E-state index contributed by atoms with van der Waals surface area (Å²) in [6, 6.07) is 13.2. The zero-order valence-electron chi connectivity index (χ0n) is 15.5. The number of nitrogens with one attached hydrogen (secondary N) is 1. The molecule has 4 rings (SSSR count). The van der Waals surface area contributed by atoms with Crippen molar-refractivity contribution < 1.29 is 14.7 Å². The molecule has 0 unspecified atom stereocenters. The molecule has 2 N–H and O–H groups in total. The molecular weight excluding hydrogens is 358 g/mol. The molecule has 2 aromatic rings. The van der Waals surface area contributed by atoms with Crippen LogP contribution < -0.4 is 10.9 Å². The minimum absolute atomic E-state index is 0.00101. The number of aliphatic carboxylic acids is 1. The Kier molecular flexibility index (Phi) is 4.90. The van der Waals surface area contributed by atoms with Crippen molar-refractivity contribution in [1.82, 2.24) is 14.8 Å². The lowest BCUT2D eigenvalue weighted by atomic mass is 9.83. The average Bonchev–Trinajstić information content (AvgIpc) is 2.69. The Morgan fingerprint density at radius 2 is 1.86 bits per heavy atom. The Labute approximate surface area is 162 Å². The first-order valence-corrected chi connectivity index (χ1v) is 9.53. The van der Waals surface area contributed by atoms with E-state index in [2.05, 4.69) is 5.32 Å². The van der Waals surface area contributed by atoms with Gasteiger partial charge in [0.2, 0.25) is 0 Å². The first-order valence-electron chi connectivity index (χ1n) is 9.53. The number of carboxylic acids is 1. The van der Waals surface area contributed by atoms with Gasteiger partial charge in [0.15, 0.2) is 0 Å². The summed E-state index contributed by atoms with van der Waals surface area (Å²) in [5.41, 5.74) is 1.82. The quantitative estimate of drug-likeness (QED) is 0.843. The van der Waals surface area contributed by atoms with Crippen LogP contribution in [0.5, 0.6) is 0 Å². The number of urea groups is 1. The molecule has 3 atom stereocenters. The molecule has 2 aliphatic rings. The number of benzene rings is 1. The highest BCUT2D eigenvalue weighted by Gasteiger charge is 2.37. The fraction of sp³-hybridized carbons (Fsp3) is 0.381. The predicted molar refractivity (Wildman–Crippen MR) is 103 cm³/mol. The van der Waals surface area contributed by atoms with Crippen molar-refractivity contribution in [1.29, 1.82) is 0 Å². The monoisotopic (exact) mass is 381 g/mol. The largest absolute Gasteiger partial charge is 0.480 e. The Morgan fingerprint density at radius 1 is 1.07 bits per heavy atom. The molecule has 2 aliphatic heterocycles. The maximum Gasteiger partial charge on any atom is 0.326 e. The number of nitrogens with zero attached hydrogens (tertiary/aromatic N) is 2. The number of carboxylic acid groups (broad SMARTS) is 1. The standard InChI is InChI=1S/C21H23N3O4/c25-19-8-4-7-18-16-9-15(12-24(18)19)11-23(13-16)21(28)22-17(20(26)27)10-14-5-2-1-3-6-14/h1-8,15-17H,9-13H2,(H,22,28)(H,26,27)/t15-,16+,17-/m0/s1. The van der Waals surface area contributed by atoms with Crippen LogP contribution in [-0.2, 0) is 17.8 Å². The fourth-order valence-corrected chi connectivity index (χ4v) is 4.35. The van der Waals surface area contributed by atoms with Crippen LogP contribution in [-0.4, -0.2) is 45.7 Å². The lowest BCUT2D eigenvalue weighted by molar-refractivity contribution is -0.139. The van der Waals surface area contributed by atoms with E-state index in [4.69, 9.17) is 0 Å². The lowest BCUT2D eigenvalue weighted by Crippen LogP contribution is -2.55. The summed E-state index contributed by atoms with van der Waals surface area (Å²) in [5, 5.41) is 12.2. The first-order chi connectivity index (χ1) is 13.5. The van der Waals surface area contributed by atoms with Crippen molar-refractivity contribution in [3.8, 4) is 0 Å². The number of pyridine rings is 1. The molecule has 1 aromatic heterocycles. The van der Waals surface area contributed by atoms with Gasteiger partial charge in [0.05, 0.1) is 0 Å². The maximum absolute atomic E-state index is 12.8. The fourth-order valence-electron chi connectivity index (χ4n) is 4.35. The second kappa shape index (κ2) is 7.50. The van der Waals surface area contributed by atoms with Gasteiger partial charge < -0.3 is 19.9 Å². The Hall–Kier alpha value is -3.09. The predicted octanol–water partition coefficient (Wildman–Crippen LogP) is 1.67. The van der Waals surface area contributed by atoms with E-state index < -0.39 is 12.0 Å². The summed E-state index contributed by atoms with van der Waals surface area (Å²) in [5.74, 6) is -0.745. The molecule has 2 amide bonds. The molecule has 1 fully saturated rings. The van der Waals surface area contributed by atoms with E-state index in [1.807, 2.05) is 41.0 Å². The van der Waals surface area contributed by atoms with Gasteiger partial charge in [-0.15, -0.1) is 0 Å². The molecule has 2 bridgehead atoms. The number of amides is 2. The maximum atomic E-state index is 12.8.